The maximum atomic E-state index is 12.1. The van der Waals surface area contributed by atoms with Gasteiger partial charge in [-0.1, -0.05) is 24.3 Å². The highest BCUT2D eigenvalue weighted by Crippen LogP contribution is 2.26. The Morgan fingerprint density at radius 3 is 1.71 bits per heavy atom. The van der Waals surface area contributed by atoms with Crippen LogP contribution in [0.2, 0.25) is 0 Å². The summed E-state index contributed by atoms with van der Waals surface area (Å²) < 4.78 is 93.2. The zero-order valence-corrected chi connectivity index (χ0v) is 21.4. The van der Waals surface area contributed by atoms with Gasteiger partial charge >= 0.3 is 0 Å². The summed E-state index contributed by atoms with van der Waals surface area (Å²) in [5.41, 5.74) is 0.127. The Morgan fingerprint density at radius 2 is 1.29 bits per heavy atom. The molecule has 11 nitrogen and oxygen atoms in total. The van der Waals surface area contributed by atoms with Gasteiger partial charge in [-0.05, 0) is 61.5 Å². The number of rotatable bonds is 8. The summed E-state index contributed by atoms with van der Waals surface area (Å²) in [7, 11) is -11.7. The molecular formula is C19H23N3O8S4. The van der Waals surface area contributed by atoms with Gasteiger partial charge < -0.3 is 10.6 Å². The molecule has 0 radical (unpaired) electrons. The highest BCUT2D eigenvalue weighted by Gasteiger charge is 2.20. The topological polar surface area (TPSA) is 179 Å². The van der Waals surface area contributed by atoms with Crippen molar-refractivity contribution in [2.24, 2.45) is 0 Å². The molecule has 5 N–H and O–H groups in total. The molecule has 0 aliphatic rings. The van der Waals surface area contributed by atoms with E-state index in [1.807, 2.05) is 0 Å². The summed E-state index contributed by atoms with van der Waals surface area (Å²) in [6.45, 7) is 2.87. The van der Waals surface area contributed by atoms with Crippen LogP contribution in [-0.2, 0) is 30.3 Å². The third-order valence-electron chi connectivity index (χ3n) is 4.39. The van der Waals surface area contributed by atoms with Crippen LogP contribution in [0.4, 0.5) is 11.4 Å². The highest BCUT2D eigenvalue weighted by atomic mass is 32.2. The van der Waals surface area contributed by atoms with Gasteiger partial charge in [-0.15, -0.1) is 0 Å². The van der Waals surface area contributed by atoms with Crippen LogP contribution in [-0.4, -0.2) is 51.8 Å². The van der Waals surface area contributed by atoms with E-state index in [1.165, 1.54) is 50.3 Å². The molecule has 0 bridgehead atoms. The van der Waals surface area contributed by atoms with E-state index < -0.39 is 45.3 Å². The number of hydrogen-bond acceptors (Lipinski definition) is 7. The van der Waals surface area contributed by atoms with Crippen LogP contribution in [0, 0.1) is 0 Å². The van der Waals surface area contributed by atoms with Crippen LogP contribution < -0.4 is 15.4 Å². The fraction of sp³-hybridized carbons (Fsp3) is 0.211. The molecule has 2 rings (SSSR count). The lowest BCUT2D eigenvalue weighted by atomic mass is 10.1. The van der Waals surface area contributed by atoms with Crippen LogP contribution >= 0.6 is 12.2 Å². The summed E-state index contributed by atoms with van der Waals surface area (Å²) in [6.07, 6.45) is 2.41. The lowest BCUT2D eigenvalue weighted by Gasteiger charge is -2.13. The molecule has 2 aromatic rings. The molecule has 15 heteroatoms. The summed E-state index contributed by atoms with van der Waals surface area (Å²) in [4.78, 5) is -1.10. The third-order valence-corrected chi connectivity index (χ3v) is 8.28. The first-order valence-corrected chi connectivity index (χ1v) is 14.3. The van der Waals surface area contributed by atoms with Gasteiger partial charge in [-0.2, -0.15) is 16.8 Å². The van der Waals surface area contributed by atoms with E-state index in [-0.39, 0.29) is 27.6 Å². The number of thiocarbonyl (C=S) groups is 1. The molecule has 186 valence electrons. The van der Waals surface area contributed by atoms with E-state index in [1.54, 1.807) is 7.05 Å². The van der Waals surface area contributed by atoms with E-state index in [2.05, 4.69) is 15.4 Å². The summed E-state index contributed by atoms with van der Waals surface area (Å²) in [6, 6.07) is 7.40. The SMILES string of the molecule is CNC(=S)Nc1ccc(C=Cc2ccc(NS(=O)(=O)C(C)C)cc2S(=O)(=O)O)c(S(=O)(=O)O)c1. The number of hydrogen-bond donors (Lipinski definition) is 5. The molecule has 0 aromatic heterocycles. The second-order valence-corrected chi connectivity index (χ2v) is 12.6. The smallest absolute Gasteiger partial charge is 0.295 e. The molecule has 0 spiro atoms. The third kappa shape index (κ3) is 7.22. The van der Waals surface area contributed by atoms with E-state index in [4.69, 9.17) is 12.2 Å². The van der Waals surface area contributed by atoms with Gasteiger partial charge in [-0.25, -0.2) is 8.42 Å². The summed E-state index contributed by atoms with van der Waals surface area (Å²) in [5, 5.41) is 4.78. The summed E-state index contributed by atoms with van der Waals surface area (Å²) >= 11 is 4.96. The maximum absolute atomic E-state index is 12.1. The molecule has 0 saturated carbocycles. The van der Waals surface area contributed by atoms with E-state index in [9.17, 15) is 34.4 Å². The van der Waals surface area contributed by atoms with Crippen molar-refractivity contribution in [3.63, 3.8) is 0 Å². The van der Waals surface area contributed by atoms with Crippen molar-refractivity contribution in [2.75, 3.05) is 17.1 Å². The van der Waals surface area contributed by atoms with E-state index in [0.717, 1.165) is 12.1 Å². The van der Waals surface area contributed by atoms with Gasteiger partial charge in [0.2, 0.25) is 10.0 Å². The Morgan fingerprint density at radius 1 is 0.853 bits per heavy atom. The monoisotopic (exact) mass is 549 g/mol. The molecule has 0 fully saturated rings. The number of nitrogens with one attached hydrogen (secondary N) is 3. The minimum atomic E-state index is -4.78. The second-order valence-electron chi connectivity index (χ2n) is 7.19. The molecule has 0 atom stereocenters. The van der Waals surface area contributed by atoms with Crippen LogP contribution in [0.3, 0.4) is 0 Å². The van der Waals surface area contributed by atoms with E-state index >= 15 is 0 Å². The van der Waals surface area contributed by atoms with Gasteiger partial charge in [0.05, 0.1) is 5.25 Å². The maximum Gasteiger partial charge on any atom is 0.295 e. The Balaban J connectivity index is 2.55. The van der Waals surface area contributed by atoms with E-state index in [0.29, 0.717) is 0 Å². The fourth-order valence-electron chi connectivity index (χ4n) is 2.59. The van der Waals surface area contributed by atoms with Gasteiger partial charge in [0.15, 0.2) is 5.11 Å². The summed E-state index contributed by atoms with van der Waals surface area (Å²) in [5.74, 6) is 0. The van der Waals surface area contributed by atoms with Gasteiger partial charge in [0, 0.05) is 18.4 Å². The first-order valence-electron chi connectivity index (χ1n) is 9.46. The Labute approximate surface area is 203 Å². The minimum absolute atomic E-state index is 0.00861. The molecule has 0 aliphatic carbocycles. The van der Waals surface area contributed by atoms with Crippen molar-refractivity contribution in [2.45, 2.75) is 28.9 Å². The largest absolute Gasteiger partial charge is 0.366 e. The molecule has 0 saturated heterocycles. The molecular weight excluding hydrogens is 526 g/mol. The zero-order chi connectivity index (χ0) is 25.9. The number of sulfonamides is 1. The first kappa shape index (κ1) is 27.7. The highest BCUT2D eigenvalue weighted by molar-refractivity contribution is 7.93. The van der Waals surface area contributed by atoms with Gasteiger partial charge in [0.25, 0.3) is 20.2 Å². The normalized spacial score (nSPS) is 12.6. The Kier molecular flexibility index (Phi) is 8.44. The molecule has 34 heavy (non-hydrogen) atoms. The van der Waals surface area contributed by atoms with Crippen LogP contribution in [0.5, 0.6) is 0 Å². The van der Waals surface area contributed by atoms with Crippen molar-refractivity contribution in [3.05, 3.63) is 47.5 Å². The lowest BCUT2D eigenvalue weighted by Crippen LogP contribution is -2.24. The van der Waals surface area contributed by atoms with Crippen LogP contribution in [0.1, 0.15) is 25.0 Å². The predicted molar refractivity (Wildman–Crippen MR) is 134 cm³/mol. The quantitative estimate of drug-likeness (QED) is 0.185. The number of benzene rings is 2. The van der Waals surface area contributed by atoms with Crippen LogP contribution in [0.15, 0.2) is 46.2 Å². The van der Waals surface area contributed by atoms with Gasteiger partial charge in [0.1, 0.15) is 9.79 Å². The average molecular weight is 550 g/mol. The van der Waals surface area contributed by atoms with Crippen molar-refractivity contribution >= 4 is 71.1 Å². The van der Waals surface area contributed by atoms with Crippen molar-refractivity contribution in [3.8, 4) is 0 Å². The standard InChI is InChI=1S/C19H23N3O8S4/c1-12(2)32(23,24)22-16-9-7-14(18(11-16)34(28,29)30)5-4-13-6-8-15(21-19(31)20-3)10-17(13)33(25,26)27/h4-12,22H,1-3H3,(H2,20,21,31)(H,25,26,27)(H,28,29,30). The first-order chi connectivity index (χ1) is 15.5. The molecule has 0 amide bonds. The molecule has 0 aliphatic heterocycles. The Bertz CT molecular complexity index is 1450. The van der Waals surface area contributed by atoms with Crippen molar-refractivity contribution in [1.82, 2.24) is 5.32 Å². The van der Waals surface area contributed by atoms with Crippen molar-refractivity contribution in [1.29, 1.82) is 0 Å². The number of anilines is 2. The zero-order valence-electron chi connectivity index (χ0n) is 18.2. The molecule has 0 heterocycles. The van der Waals surface area contributed by atoms with Crippen LogP contribution in [0.25, 0.3) is 12.2 Å². The molecule has 0 unspecified atom stereocenters. The fourth-order valence-corrected chi connectivity index (χ4v) is 4.82. The second kappa shape index (κ2) is 10.4. The van der Waals surface area contributed by atoms with Crippen molar-refractivity contribution < 1.29 is 34.4 Å². The minimum Gasteiger partial charge on any atom is -0.366 e. The average Bonchev–Trinajstić information content (AvgIpc) is 2.71. The molecule has 2 aromatic carbocycles. The van der Waals surface area contributed by atoms with Gasteiger partial charge in [-0.3, -0.25) is 13.8 Å². The predicted octanol–water partition coefficient (Wildman–Crippen LogP) is 2.42. The Hall–Kier alpha value is -2.56. The lowest BCUT2D eigenvalue weighted by molar-refractivity contribution is 0.480.